The monoisotopic (exact) mass is 393 g/mol. The Hall–Kier alpha value is -3.26. The number of rotatable bonds is 5. The van der Waals surface area contributed by atoms with Crippen LogP contribution in [-0.2, 0) is 20.9 Å². The van der Waals surface area contributed by atoms with Crippen LogP contribution in [0.5, 0.6) is 0 Å². The zero-order valence-electron chi connectivity index (χ0n) is 16.3. The average Bonchev–Trinajstić information content (AvgIpc) is 3.15. The van der Waals surface area contributed by atoms with Crippen LogP contribution >= 0.6 is 0 Å². The third-order valence-corrected chi connectivity index (χ3v) is 5.06. The second-order valence-corrected chi connectivity index (χ2v) is 7.28. The number of benzene rings is 1. The number of carbonyl (C=O) groups excluding carboxylic acids is 2. The fourth-order valence-electron chi connectivity index (χ4n) is 3.75. The van der Waals surface area contributed by atoms with E-state index in [1.807, 2.05) is 56.3 Å². The van der Waals surface area contributed by atoms with Gasteiger partial charge in [-0.3, -0.25) is 14.7 Å². The van der Waals surface area contributed by atoms with E-state index in [9.17, 15) is 9.59 Å². The van der Waals surface area contributed by atoms with Gasteiger partial charge in [0.15, 0.2) is 11.8 Å². The molecule has 2 N–H and O–H groups in total. The number of fused-ring (bicyclic) bond motifs is 1. The molecule has 1 fully saturated rings. The summed E-state index contributed by atoms with van der Waals surface area (Å²) in [5.41, 5.74) is 2.24. The van der Waals surface area contributed by atoms with E-state index in [1.165, 1.54) is 0 Å². The first kappa shape index (κ1) is 19.1. The predicted molar refractivity (Wildman–Crippen MR) is 107 cm³/mol. The van der Waals surface area contributed by atoms with Crippen LogP contribution in [0, 0.1) is 0 Å². The first-order valence-corrected chi connectivity index (χ1v) is 9.59. The van der Waals surface area contributed by atoms with Gasteiger partial charge in [0.05, 0.1) is 18.3 Å². The fourth-order valence-corrected chi connectivity index (χ4v) is 3.75. The molecule has 4 rings (SSSR count). The quantitative estimate of drug-likeness (QED) is 0.690. The van der Waals surface area contributed by atoms with E-state index >= 15 is 0 Å². The second kappa shape index (κ2) is 8.00. The minimum absolute atomic E-state index is 0.0606. The van der Waals surface area contributed by atoms with Crippen molar-refractivity contribution >= 4 is 22.8 Å². The number of hydrogen-bond donors (Lipinski definition) is 2. The van der Waals surface area contributed by atoms with Crippen LogP contribution in [0.15, 0.2) is 48.7 Å². The van der Waals surface area contributed by atoms with Crippen LogP contribution in [0.4, 0.5) is 0 Å². The van der Waals surface area contributed by atoms with Crippen molar-refractivity contribution in [1.29, 1.82) is 0 Å². The molecule has 0 aliphatic carbocycles. The number of nitrogens with zero attached hydrogens (tertiary/aromatic N) is 3. The van der Waals surface area contributed by atoms with Gasteiger partial charge in [-0.05, 0) is 31.5 Å². The Morgan fingerprint density at radius 3 is 2.83 bits per heavy atom. The SMILES string of the molecule is CC(C)N1C(=O)CO[C@H](C(=O)NCc2[nH]nc3ncccc23)[C@H]1c1ccccc1. The van der Waals surface area contributed by atoms with E-state index in [4.69, 9.17) is 4.74 Å². The molecule has 150 valence electrons. The molecule has 1 aliphatic heterocycles. The van der Waals surface area contributed by atoms with Gasteiger partial charge in [0.25, 0.3) is 5.91 Å². The van der Waals surface area contributed by atoms with Gasteiger partial charge in [-0.15, -0.1) is 0 Å². The Morgan fingerprint density at radius 2 is 2.07 bits per heavy atom. The van der Waals surface area contributed by atoms with Crippen molar-refractivity contribution < 1.29 is 14.3 Å². The van der Waals surface area contributed by atoms with Gasteiger partial charge in [-0.2, -0.15) is 5.10 Å². The highest BCUT2D eigenvalue weighted by molar-refractivity contribution is 5.87. The lowest BCUT2D eigenvalue weighted by Crippen LogP contribution is -2.56. The Bertz CT molecular complexity index is 1020. The van der Waals surface area contributed by atoms with E-state index in [0.29, 0.717) is 5.65 Å². The van der Waals surface area contributed by atoms with E-state index in [1.54, 1.807) is 11.1 Å². The van der Waals surface area contributed by atoms with Crippen molar-refractivity contribution in [3.63, 3.8) is 0 Å². The minimum Gasteiger partial charge on any atom is -0.356 e. The molecule has 3 heterocycles. The molecular formula is C21H23N5O3. The summed E-state index contributed by atoms with van der Waals surface area (Å²) in [4.78, 5) is 31.5. The maximum Gasteiger partial charge on any atom is 0.252 e. The van der Waals surface area contributed by atoms with Crippen LogP contribution in [0.1, 0.15) is 31.1 Å². The third-order valence-electron chi connectivity index (χ3n) is 5.06. The fraction of sp³-hybridized carbons (Fsp3) is 0.333. The molecule has 0 bridgehead atoms. The lowest BCUT2D eigenvalue weighted by molar-refractivity contribution is -0.167. The molecule has 1 aromatic carbocycles. The smallest absolute Gasteiger partial charge is 0.252 e. The molecule has 2 amide bonds. The maximum absolute atomic E-state index is 13.1. The number of aromatic amines is 1. The van der Waals surface area contributed by atoms with Crippen LogP contribution < -0.4 is 5.32 Å². The Morgan fingerprint density at radius 1 is 1.28 bits per heavy atom. The molecule has 2 atom stereocenters. The summed E-state index contributed by atoms with van der Waals surface area (Å²) < 4.78 is 5.72. The summed E-state index contributed by atoms with van der Waals surface area (Å²) in [6, 6.07) is 12.7. The van der Waals surface area contributed by atoms with E-state index in [-0.39, 0.29) is 31.0 Å². The molecular weight excluding hydrogens is 370 g/mol. The molecule has 0 radical (unpaired) electrons. The molecule has 8 nitrogen and oxygen atoms in total. The second-order valence-electron chi connectivity index (χ2n) is 7.28. The molecule has 29 heavy (non-hydrogen) atoms. The standard InChI is InChI=1S/C21H23N5O3/c1-13(2)26-17(27)12-29-19(18(26)14-7-4-3-5-8-14)21(28)23-11-16-15-9-6-10-22-20(15)25-24-16/h3-10,13,18-19H,11-12H2,1-2H3,(H,23,28)(H,22,24,25)/t18-,19+/m1/s1. The lowest BCUT2D eigenvalue weighted by atomic mass is 9.95. The van der Waals surface area contributed by atoms with Crippen molar-refractivity contribution in [2.75, 3.05) is 6.61 Å². The number of H-pyrrole nitrogens is 1. The molecule has 0 saturated carbocycles. The minimum atomic E-state index is -0.801. The number of nitrogens with one attached hydrogen (secondary N) is 2. The average molecular weight is 393 g/mol. The number of morpholine rings is 1. The van der Waals surface area contributed by atoms with Gasteiger partial charge < -0.3 is 15.0 Å². The number of ether oxygens (including phenoxy) is 1. The maximum atomic E-state index is 13.1. The molecule has 0 unspecified atom stereocenters. The number of aromatic nitrogens is 3. The van der Waals surface area contributed by atoms with Gasteiger partial charge >= 0.3 is 0 Å². The predicted octanol–water partition coefficient (Wildman–Crippen LogP) is 1.95. The zero-order chi connectivity index (χ0) is 20.4. The van der Waals surface area contributed by atoms with Crippen LogP contribution in [-0.4, -0.2) is 50.6 Å². The molecule has 2 aromatic heterocycles. The Kier molecular flexibility index (Phi) is 5.26. The number of hydrogen-bond acceptors (Lipinski definition) is 5. The first-order valence-electron chi connectivity index (χ1n) is 9.59. The Balaban J connectivity index is 1.57. The van der Waals surface area contributed by atoms with Crippen LogP contribution in [0.2, 0.25) is 0 Å². The first-order chi connectivity index (χ1) is 14.1. The van der Waals surface area contributed by atoms with Crippen molar-refractivity contribution in [3.05, 3.63) is 59.9 Å². The van der Waals surface area contributed by atoms with Crippen molar-refractivity contribution in [1.82, 2.24) is 25.4 Å². The van der Waals surface area contributed by atoms with Gasteiger partial charge in [-0.1, -0.05) is 30.3 Å². The van der Waals surface area contributed by atoms with Crippen molar-refractivity contribution in [2.45, 2.75) is 38.6 Å². The summed E-state index contributed by atoms with van der Waals surface area (Å²) in [5.74, 6) is -0.396. The number of pyridine rings is 1. The van der Waals surface area contributed by atoms with E-state index in [0.717, 1.165) is 16.6 Å². The Labute approximate surface area is 168 Å². The molecule has 8 heteroatoms. The van der Waals surface area contributed by atoms with Crippen molar-refractivity contribution in [2.24, 2.45) is 0 Å². The normalized spacial score (nSPS) is 19.7. The van der Waals surface area contributed by atoms with Crippen LogP contribution in [0.3, 0.4) is 0 Å². The summed E-state index contributed by atoms with van der Waals surface area (Å²) in [5, 5.41) is 10.8. The topological polar surface area (TPSA) is 100 Å². The van der Waals surface area contributed by atoms with Gasteiger partial charge in [0, 0.05) is 17.6 Å². The summed E-state index contributed by atoms with van der Waals surface area (Å²) in [6.07, 6.45) is 0.869. The third kappa shape index (κ3) is 3.71. The highest BCUT2D eigenvalue weighted by atomic mass is 16.5. The highest BCUT2D eigenvalue weighted by Crippen LogP contribution is 2.32. The molecule has 1 saturated heterocycles. The van der Waals surface area contributed by atoms with Crippen LogP contribution in [0.25, 0.3) is 11.0 Å². The lowest BCUT2D eigenvalue weighted by Gasteiger charge is -2.42. The largest absolute Gasteiger partial charge is 0.356 e. The van der Waals surface area contributed by atoms with E-state index in [2.05, 4.69) is 20.5 Å². The number of amides is 2. The summed E-state index contributed by atoms with van der Waals surface area (Å²) in [7, 11) is 0. The highest BCUT2D eigenvalue weighted by Gasteiger charge is 2.42. The van der Waals surface area contributed by atoms with E-state index < -0.39 is 12.1 Å². The summed E-state index contributed by atoms with van der Waals surface area (Å²) in [6.45, 7) is 4.03. The van der Waals surface area contributed by atoms with Gasteiger partial charge in [0.1, 0.15) is 6.61 Å². The van der Waals surface area contributed by atoms with Crippen molar-refractivity contribution in [3.8, 4) is 0 Å². The molecule has 0 spiro atoms. The number of carbonyl (C=O) groups is 2. The molecule has 1 aliphatic rings. The van der Waals surface area contributed by atoms with Gasteiger partial charge in [-0.25, -0.2) is 4.98 Å². The van der Waals surface area contributed by atoms with Gasteiger partial charge in [0.2, 0.25) is 5.91 Å². The summed E-state index contributed by atoms with van der Waals surface area (Å²) >= 11 is 0. The molecule has 3 aromatic rings. The zero-order valence-corrected chi connectivity index (χ0v) is 16.3.